The van der Waals surface area contributed by atoms with E-state index in [9.17, 15) is 17.0 Å². The third kappa shape index (κ3) is 11.8. The molecule has 0 bridgehead atoms. The Morgan fingerprint density at radius 2 is 1.94 bits per heavy atom. The van der Waals surface area contributed by atoms with Crippen molar-refractivity contribution in [3.63, 3.8) is 0 Å². The normalized spacial score (nSPS) is 12.4. The van der Waals surface area contributed by atoms with Gasteiger partial charge in [-0.25, -0.2) is 0 Å². The van der Waals surface area contributed by atoms with Gasteiger partial charge < -0.3 is 0 Å². The van der Waals surface area contributed by atoms with Crippen molar-refractivity contribution in [2.45, 2.75) is 29.5 Å². The van der Waals surface area contributed by atoms with Crippen LogP contribution in [0.1, 0.15) is 12.8 Å². The first-order valence-electron chi connectivity index (χ1n) is 4.86. The number of hydrogen-bond donors (Lipinski definition) is 2. The summed E-state index contributed by atoms with van der Waals surface area (Å²) in [6, 6.07) is 0. The molecule has 0 aliphatic carbocycles. The first-order valence-corrected chi connectivity index (χ1v) is 12.3. The van der Waals surface area contributed by atoms with Gasteiger partial charge in [0, 0.05) is 0 Å². The van der Waals surface area contributed by atoms with Crippen molar-refractivity contribution in [2.24, 2.45) is 0 Å². The van der Waals surface area contributed by atoms with E-state index in [1.807, 2.05) is 0 Å². The minimum atomic E-state index is -4.02. The Morgan fingerprint density at radius 1 is 1.38 bits per heavy atom. The van der Waals surface area contributed by atoms with Gasteiger partial charge in [-0.1, -0.05) is 0 Å². The predicted molar refractivity (Wildman–Crippen MR) is 61.6 cm³/mol. The fraction of sp³-hybridized carbons (Fsp3) is 0.875. The molecule has 96 valence electrons. The molecule has 2 N–H and O–H groups in total. The van der Waals surface area contributed by atoms with Gasteiger partial charge in [0.15, 0.2) is 0 Å². The van der Waals surface area contributed by atoms with E-state index in [0.29, 0.717) is 11.6 Å². The first-order chi connectivity index (χ1) is 7.10. The molecule has 0 fully saturated rings. The van der Waals surface area contributed by atoms with Crippen LogP contribution in [0.3, 0.4) is 0 Å². The Morgan fingerprint density at radius 3 is 2.38 bits per heavy atom. The molecule has 0 spiro atoms. The van der Waals surface area contributed by atoms with Crippen molar-refractivity contribution >= 4 is 29.5 Å². The molecule has 0 aliphatic heterocycles. The zero-order valence-corrected chi connectivity index (χ0v) is 12.2. The van der Waals surface area contributed by atoms with Crippen LogP contribution in [-0.2, 0) is 18.7 Å². The summed E-state index contributed by atoms with van der Waals surface area (Å²) in [6.45, 7) is -0.0986. The molecular weight excluding hydrogens is 297 g/mol. The van der Waals surface area contributed by atoms with Gasteiger partial charge in [-0.05, 0) is 0 Å². The van der Waals surface area contributed by atoms with Crippen LogP contribution in [0.5, 0.6) is 0 Å². The quantitative estimate of drug-likeness (QED) is 0.523. The van der Waals surface area contributed by atoms with Crippen LogP contribution >= 0.6 is 0 Å². The van der Waals surface area contributed by atoms with E-state index in [-0.39, 0.29) is 18.9 Å². The molecule has 0 heterocycles. The van der Waals surface area contributed by atoms with Gasteiger partial charge in [-0.3, -0.25) is 0 Å². The summed E-state index contributed by atoms with van der Waals surface area (Å²) in [6.07, 6.45) is 0.777. The molecule has 8 heteroatoms. The van der Waals surface area contributed by atoms with Gasteiger partial charge >= 0.3 is 98.1 Å². The summed E-state index contributed by atoms with van der Waals surface area (Å²) in [5.74, 6) is -0.768. The Hall–Kier alpha value is -0.262. The van der Waals surface area contributed by atoms with E-state index in [1.54, 1.807) is 11.4 Å². The van der Waals surface area contributed by atoms with Crippen molar-refractivity contribution in [2.75, 3.05) is 12.3 Å². The zero-order chi connectivity index (χ0) is 12.8. The standard InChI is InChI=1S/C8H18AsNO5S/c1-9(2,12)5-3-4-8(11)10-6-7-16(13,14)15/h3-7H2,1-2H3,(H,10,11)(H,13,14,15). The van der Waals surface area contributed by atoms with E-state index in [1.165, 1.54) is 0 Å². The number of hydrogen-bond acceptors (Lipinski definition) is 4. The Balaban J connectivity index is 3.65. The molecule has 0 saturated carbocycles. The minimum absolute atomic E-state index is 0.0986. The maximum atomic E-state index is 11.4. The number of amides is 1. The molecule has 6 nitrogen and oxygen atoms in total. The third-order valence-electron chi connectivity index (χ3n) is 1.78. The Kier molecular flexibility index (Phi) is 6.36. The van der Waals surface area contributed by atoms with Gasteiger partial charge in [0.2, 0.25) is 0 Å². The second-order valence-electron chi connectivity index (χ2n) is 4.04. The van der Waals surface area contributed by atoms with Crippen LogP contribution in [0.4, 0.5) is 0 Å². The SMILES string of the molecule is C[As](C)(=O)CCCC(=O)NCCS(=O)(=O)O. The van der Waals surface area contributed by atoms with Crippen LogP contribution in [0.25, 0.3) is 0 Å². The fourth-order valence-electron chi connectivity index (χ4n) is 1.03. The molecule has 0 aliphatic rings. The summed E-state index contributed by atoms with van der Waals surface area (Å²) >= 11 is -2.66. The molecule has 0 aromatic rings. The average Bonchev–Trinajstić information content (AvgIpc) is 1.98. The molecule has 0 saturated heterocycles. The van der Waals surface area contributed by atoms with E-state index < -0.39 is 29.4 Å². The fourth-order valence-corrected chi connectivity index (χ4v) is 3.32. The third-order valence-corrected chi connectivity index (χ3v) is 5.43. The number of carbonyl (C=O) groups excluding carboxylic acids is 1. The van der Waals surface area contributed by atoms with E-state index in [4.69, 9.17) is 4.55 Å². The van der Waals surface area contributed by atoms with Crippen molar-refractivity contribution in [3.05, 3.63) is 0 Å². The number of carbonyl (C=O) groups is 1. The molecule has 0 aromatic carbocycles. The van der Waals surface area contributed by atoms with Crippen molar-refractivity contribution in [1.82, 2.24) is 5.32 Å². The zero-order valence-electron chi connectivity index (χ0n) is 9.47. The van der Waals surface area contributed by atoms with Crippen LogP contribution in [0.2, 0.25) is 16.6 Å². The molecule has 16 heavy (non-hydrogen) atoms. The van der Waals surface area contributed by atoms with E-state index in [0.717, 1.165) is 0 Å². The second kappa shape index (κ2) is 6.47. The van der Waals surface area contributed by atoms with Crippen molar-refractivity contribution < 1.29 is 21.5 Å². The molecule has 0 rings (SSSR count). The summed E-state index contributed by atoms with van der Waals surface area (Å²) in [4.78, 5) is 11.1. The molecule has 1 amide bonds. The monoisotopic (exact) mass is 315 g/mol. The molecule has 0 radical (unpaired) electrons. The van der Waals surface area contributed by atoms with Gasteiger partial charge in [-0.2, -0.15) is 0 Å². The van der Waals surface area contributed by atoms with Crippen LogP contribution in [0, 0.1) is 0 Å². The van der Waals surface area contributed by atoms with E-state index in [2.05, 4.69) is 5.32 Å². The molecule has 0 atom stereocenters. The Bertz CT molecular complexity index is 372. The van der Waals surface area contributed by atoms with Crippen LogP contribution in [-0.4, -0.2) is 44.7 Å². The average molecular weight is 315 g/mol. The summed E-state index contributed by atoms with van der Waals surface area (Å²) in [5.41, 5.74) is 3.43. The summed E-state index contributed by atoms with van der Waals surface area (Å²) in [5, 5.41) is 2.92. The van der Waals surface area contributed by atoms with Crippen LogP contribution < -0.4 is 5.32 Å². The maximum absolute atomic E-state index is 11.4. The molecular formula is C8H18AsNO5S. The topological polar surface area (TPSA) is 101 Å². The second-order valence-corrected chi connectivity index (χ2v) is 13.2. The van der Waals surface area contributed by atoms with Gasteiger partial charge in [0.05, 0.1) is 0 Å². The number of nitrogens with one attached hydrogen (secondary N) is 1. The van der Waals surface area contributed by atoms with Gasteiger partial charge in [0.25, 0.3) is 0 Å². The van der Waals surface area contributed by atoms with Gasteiger partial charge in [-0.15, -0.1) is 0 Å². The van der Waals surface area contributed by atoms with Crippen molar-refractivity contribution in [3.8, 4) is 0 Å². The molecule has 0 unspecified atom stereocenters. The predicted octanol–water partition coefficient (Wildman–Crippen LogP) is 0.406. The first kappa shape index (κ1) is 15.7. The number of rotatable bonds is 7. The Labute approximate surface area is 98.2 Å². The van der Waals surface area contributed by atoms with Crippen molar-refractivity contribution in [1.29, 1.82) is 0 Å². The van der Waals surface area contributed by atoms with Gasteiger partial charge in [0.1, 0.15) is 0 Å². The summed E-state index contributed by atoms with van der Waals surface area (Å²) in [7, 11) is -4.02. The van der Waals surface area contributed by atoms with E-state index >= 15 is 0 Å². The summed E-state index contributed by atoms with van der Waals surface area (Å²) < 4.78 is 40.4. The van der Waals surface area contributed by atoms with Crippen LogP contribution in [0.15, 0.2) is 0 Å². The molecule has 0 aromatic heterocycles.